The lowest BCUT2D eigenvalue weighted by molar-refractivity contribution is 0.0726. The molecule has 0 spiro atoms. The van der Waals surface area contributed by atoms with Crippen molar-refractivity contribution < 1.29 is 9.18 Å². The first-order chi connectivity index (χ1) is 13.2. The summed E-state index contributed by atoms with van der Waals surface area (Å²) in [6, 6.07) is 5.30. The molecule has 1 aliphatic rings. The Morgan fingerprint density at radius 1 is 1.15 bits per heavy atom. The van der Waals surface area contributed by atoms with E-state index in [2.05, 4.69) is 15.1 Å². The van der Waals surface area contributed by atoms with Crippen LogP contribution in [0.25, 0.3) is 27.7 Å². The molecule has 1 aliphatic heterocycles. The van der Waals surface area contributed by atoms with Gasteiger partial charge in [-0.1, -0.05) is 0 Å². The van der Waals surface area contributed by atoms with E-state index in [1.54, 1.807) is 10.7 Å². The average Bonchev–Trinajstić information content (AvgIpc) is 3.31. The molecule has 4 aromatic rings. The first-order valence-electron chi connectivity index (χ1n) is 9.10. The summed E-state index contributed by atoms with van der Waals surface area (Å²) in [6.45, 7) is 1.59. The van der Waals surface area contributed by atoms with Gasteiger partial charge in [-0.25, -0.2) is 13.9 Å². The third-order valence-corrected chi connectivity index (χ3v) is 5.20. The van der Waals surface area contributed by atoms with Gasteiger partial charge in [-0.05, 0) is 43.0 Å². The fraction of sp³-hybridized carbons (Fsp3) is 0.250. The van der Waals surface area contributed by atoms with Gasteiger partial charge in [-0.2, -0.15) is 5.10 Å². The van der Waals surface area contributed by atoms with Crippen LogP contribution in [0.15, 0.2) is 43.0 Å². The molecule has 1 fully saturated rings. The first-order valence-corrected chi connectivity index (χ1v) is 9.10. The van der Waals surface area contributed by atoms with E-state index < -0.39 is 0 Å². The number of halogens is 1. The highest BCUT2D eigenvalue weighted by Gasteiger charge is 2.22. The minimum absolute atomic E-state index is 0.0217. The molecular weight excluding hydrogens is 345 g/mol. The Morgan fingerprint density at radius 3 is 2.85 bits per heavy atom. The maximum atomic E-state index is 13.6. The van der Waals surface area contributed by atoms with Crippen molar-refractivity contribution >= 4 is 22.5 Å². The number of aromatic nitrogens is 4. The molecule has 1 saturated heterocycles. The van der Waals surface area contributed by atoms with Gasteiger partial charge in [0.05, 0.1) is 23.5 Å². The molecule has 1 amide bonds. The van der Waals surface area contributed by atoms with Gasteiger partial charge < -0.3 is 9.88 Å². The highest BCUT2D eigenvalue weighted by atomic mass is 19.1. The van der Waals surface area contributed by atoms with Crippen LogP contribution in [0.1, 0.15) is 29.6 Å². The third-order valence-electron chi connectivity index (χ3n) is 5.20. The number of H-pyrrole nitrogens is 1. The number of aromatic amines is 1. The summed E-state index contributed by atoms with van der Waals surface area (Å²) >= 11 is 0. The van der Waals surface area contributed by atoms with Gasteiger partial charge in [0.1, 0.15) is 11.5 Å². The molecule has 136 valence electrons. The maximum Gasteiger partial charge on any atom is 0.257 e. The van der Waals surface area contributed by atoms with Crippen LogP contribution < -0.4 is 0 Å². The third kappa shape index (κ3) is 2.66. The van der Waals surface area contributed by atoms with E-state index in [0.717, 1.165) is 42.6 Å². The van der Waals surface area contributed by atoms with Crippen LogP contribution in [0.5, 0.6) is 0 Å². The van der Waals surface area contributed by atoms with Gasteiger partial charge in [0.2, 0.25) is 0 Å². The Labute approximate surface area is 154 Å². The molecule has 0 aromatic carbocycles. The number of nitrogens with one attached hydrogen (secondary N) is 1. The summed E-state index contributed by atoms with van der Waals surface area (Å²) in [6.07, 6.45) is 9.72. The summed E-state index contributed by atoms with van der Waals surface area (Å²) in [4.78, 5) is 22.0. The molecule has 5 heterocycles. The smallest absolute Gasteiger partial charge is 0.257 e. The summed E-state index contributed by atoms with van der Waals surface area (Å²) in [5, 5.41) is 5.03. The zero-order chi connectivity index (χ0) is 18.4. The van der Waals surface area contributed by atoms with Crippen LogP contribution in [0.4, 0.5) is 4.39 Å². The molecule has 5 rings (SSSR count). The van der Waals surface area contributed by atoms with Gasteiger partial charge in [-0.15, -0.1) is 0 Å². The molecule has 4 aromatic heterocycles. The standard InChI is InChI=1S/C20H18FN5O/c21-14-9-15-16(11-23-19(15)22-10-14)13-4-7-26-18(8-13)17(12-24-26)20(27)25-5-2-1-3-6-25/h4,7-12H,1-3,5-6H2,(H,22,23). The molecule has 0 unspecified atom stereocenters. The number of carbonyl (C=O) groups is 1. The Balaban J connectivity index is 1.60. The van der Waals surface area contributed by atoms with Crippen molar-refractivity contribution in [2.24, 2.45) is 0 Å². The largest absolute Gasteiger partial charge is 0.346 e. The van der Waals surface area contributed by atoms with Crippen molar-refractivity contribution in [3.63, 3.8) is 0 Å². The number of fused-ring (bicyclic) bond motifs is 2. The van der Waals surface area contributed by atoms with Crippen molar-refractivity contribution in [1.29, 1.82) is 0 Å². The number of nitrogens with zero attached hydrogens (tertiary/aromatic N) is 4. The highest BCUT2D eigenvalue weighted by Crippen LogP contribution is 2.30. The number of piperidine rings is 1. The fourth-order valence-electron chi connectivity index (χ4n) is 3.80. The number of hydrogen-bond acceptors (Lipinski definition) is 3. The fourth-order valence-corrected chi connectivity index (χ4v) is 3.80. The van der Waals surface area contributed by atoms with E-state index in [9.17, 15) is 9.18 Å². The van der Waals surface area contributed by atoms with Crippen molar-refractivity contribution in [3.8, 4) is 11.1 Å². The van der Waals surface area contributed by atoms with Crippen LogP contribution in [0, 0.1) is 5.82 Å². The van der Waals surface area contributed by atoms with Crippen LogP contribution in [-0.2, 0) is 0 Å². The predicted octanol–water partition coefficient (Wildman–Crippen LogP) is 3.64. The lowest BCUT2D eigenvalue weighted by atomic mass is 10.1. The molecule has 6 nitrogen and oxygen atoms in total. The molecule has 0 saturated carbocycles. The SMILES string of the molecule is O=C(c1cnn2ccc(-c3c[nH]c4ncc(F)cc34)cc12)N1CCCCC1. The maximum absolute atomic E-state index is 13.6. The number of hydrogen-bond donors (Lipinski definition) is 1. The van der Waals surface area contributed by atoms with Gasteiger partial charge in [-0.3, -0.25) is 4.79 Å². The number of likely N-dealkylation sites (tertiary alicyclic amines) is 1. The Kier molecular flexibility index (Phi) is 3.67. The van der Waals surface area contributed by atoms with Crippen molar-refractivity contribution in [3.05, 3.63) is 54.4 Å². The minimum Gasteiger partial charge on any atom is -0.346 e. The zero-order valence-corrected chi connectivity index (χ0v) is 14.7. The molecule has 0 radical (unpaired) electrons. The molecule has 7 heteroatoms. The summed E-state index contributed by atoms with van der Waals surface area (Å²) in [5.74, 6) is -0.358. The average molecular weight is 363 g/mol. The summed E-state index contributed by atoms with van der Waals surface area (Å²) < 4.78 is 15.4. The summed E-state index contributed by atoms with van der Waals surface area (Å²) in [5.41, 5.74) is 3.71. The number of rotatable bonds is 2. The van der Waals surface area contributed by atoms with E-state index >= 15 is 0 Å². The highest BCUT2D eigenvalue weighted by molar-refractivity contribution is 6.02. The van der Waals surface area contributed by atoms with E-state index in [1.807, 2.05) is 29.4 Å². The molecule has 0 atom stereocenters. The normalized spacial score (nSPS) is 14.9. The Hall–Kier alpha value is -3.22. The lowest BCUT2D eigenvalue weighted by Gasteiger charge is -2.26. The van der Waals surface area contributed by atoms with E-state index in [1.165, 1.54) is 18.7 Å². The second-order valence-corrected chi connectivity index (χ2v) is 6.91. The predicted molar refractivity (Wildman–Crippen MR) is 100.0 cm³/mol. The Morgan fingerprint density at radius 2 is 2.00 bits per heavy atom. The Bertz CT molecular complexity index is 1160. The topological polar surface area (TPSA) is 66.3 Å². The quantitative estimate of drug-likeness (QED) is 0.591. The molecule has 27 heavy (non-hydrogen) atoms. The van der Waals surface area contributed by atoms with Crippen molar-refractivity contribution in [2.75, 3.05) is 13.1 Å². The van der Waals surface area contributed by atoms with Gasteiger partial charge in [0, 0.05) is 36.4 Å². The van der Waals surface area contributed by atoms with Crippen LogP contribution >= 0.6 is 0 Å². The van der Waals surface area contributed by atoms with Gasteiger partial charge in [0.25, 0.3) is 5.91 Å². The number of pyridine rings is 2. The zero-order valence-electron chi connectivity index (χ0n) is 14.7. The number of amides is 1. The molecule has 1 N–H and O–H groups in total. The molecule has 0 bridgehead atoms. The minimum atomic E-state index is -0.380. The second-order valence-electron chi connectivity index (χ2n) is 6.91. The summed E-state index contributed by atoms with van der Waals surface area (Å²) in [7, 11) is 0. The number of carbonyl (C=O) groups excluding carboxylic acids is 1. The second kappa shape index (κ2) is 6.19. The molecular formula is C20H18FN5O. The molecule has 0 aliphatic carbocycles. The van der Waals surface area contributed by atoms with E-state index in [-0.39, 0.29) is 11.7 Å². The van der Waals surface area contributed by atoms with Crippen molar-refractivity contribution in [1.82, 2.24) is 24.5 Å². The first kappa shape index (κ1) is 16.0. The van der Waals surface area contributed by atoms with Crippen LogP contribution in [0.2, 0.25) is 0 Å². The van der Waals surface area contributed by atoms with Crippen LogP contribution in [0.3, 0.4) is 0 Å². The van der Waals surface area contributed by atoms with Gasteiger partial charge >= 0.3 is 0 Å². The van der Waals surface area contributed by atoms with E-state index in [4.69, 9.17) is 0 Å². The van der Waals surface area contributed by atoms with Crippen LogP contribution in [-0.4, -0.2) is 43.5 Å². The lowest BCUT2D eigenvalue weighted by Crippen LogP contribution is -2.35. The van der Waals surface area contributed by atoms with Crippen molar-refractivity contribution in [2.45, 2.75) is 19.3 Å². The monoisotopic (exact) mass is 363 g/mol. The van der Waals surface area contributed by atoms with Gasteiger partial charge in [0.15, 0.2) is 0 Å². The van der Waals surface area contributed by atoms with E-state index in [0.29, 0.717) is 16.6 Å².